The summed E-state index contributed by atoms with van der Waals surface area (Å²) in [6, 6.07) is 3.71. The molecule has 1 amide bonds. The van der Waals surface area contributed by atoms with Crippen molar-refractivity contribution >= 4 is 23.3 Å². The molecule has 7 heteroatoms. The minimum absolute atomic E-state index is 0.0247. The number of carbonyl (C=O) groups is 1. The van der Waals surface area contributed by atoms with E-state index in [1.54, 1.807) is 13.0 Å². The first-order valence-electron chi connectivity index (χ1n) is 7.36. The molecule has 0 bridgehead atoms. The topological polar surface area (TPSA) is 95.0 Å². The van der Waals surface area contributed by atoms with Crippen LogP contribution in [-0.2, 0) is 4.79 Å². The molecule has 3 N–H and O–H groups in total. The van der Waals surface area contributed by atoms with Crippen molar-refractivity contribution in [3.8, 4) is 6.07 Å². The van der Waals surface area contributed by atoms with Gasteiger partial charge in [-0.15, -0.1) is 0 Å². The molecule has 1 atom stereocenters. The van der Waals surface area contributed by atoms with Gasteiger partial charge in [0.2, 0.25) is 5.91 Å². The van der Waals surface area contributed by atoms with Gasteiger partial charge in [-0.05, 0) is 25.8 Å². The summed E-state index contributed by atoms with van der Waals surface area (Å²) < 4.78 is 0. The number of nitrogens with two attached hydrogens (primary N) is 1. The van der Waals surface area contributed by atoms with E-state index >= 15 is 0 Å². The van der Waals surface area contributed by atoms with Gasteiger partial charge in [-0.25, -0.2) is 4.98 Å². The largest absolute Gasteiger partial charge is 0.355 e. The molecule has 1 fully saturated rings. The van der Waals surface area contributed by atoms with Gasteiger partial charge in [0.05, 0.1) is 22.2 Å². The summed E-state index contributed by atoms with van der Waals surface area (Å²) in [6.07, 6.45) is 1.75. The number of nitriles is 1. The number of pyridine rings is 1. The summed E-state index contributed by atoms with van der Waals surface area (Å²) in [4.78, 5) is 18.6. The Morgan fingerprint density at radius 2 is 2.45 bits per heavy atom. The second-order valence-corrected chi connectivity index (χ2v) is 5.81. The van der Waals surface area contributed by atoms with Crippen LogP contribution in [0.5, 0.6) is 0 Å². The van der Waals surface area contributed by atoms with Gasteiger partial charge in [-0.2, -0.15) is 5.26 Å². The van der Waals surface area contributed by atoms with Crippen LogP contribution in [0.15, 0.2) is 6.07 Å². The molecular formula is C15H20ClN5O. The average Bonchev–Trinajstić information content (AvgIpc) is 2.54. The maximum Gasteiger partial charge on any atom is 0.224 e. The van der Waals surface area contributed by atoms with Gasteiger partial charge in [-0.3, -0.25) is 4.79 Å². The molecule has 2 heterocycles. The monoisotopic (exact) mass is 321 g/mol. The van der Waals surface area contributed by atoms with Gasteiger partial charge in [0, 0.05) is 26.2 Å². The Kier molecular flexibility index (Phi) is 5.58. The number of hydrogen-bond donors (Lipinski definition) is 2. The number of halogens is 1. The number of piperidine rings is 1. The van der Waals surface area contributed by atoms with Crippen LogP contribution in [0.2, 0.25) is 5.02 Å². The second kappa shape index (κ2) is 7.43. The number of carbonyl (C=O) groups excluding carboxylic acids is 1. The number of hydrogen-bond acceptors (Lipinski definition) is 5. The van der Waals surface area contributed by atoms with E-state index in [0.717, 1.165) is 19.4 Å². The van der Waals surface area contributed by atoms with Crippen molar-refractivity contribution in [2.75, 3.05) is 31.1 Å². The second-order valence-electron chi connectivity index (χ2n) is 5.40. The Bertz CT molecular complexity index is 598. The molecular weight excluding hydrogens is 302 g/mol. The molecule has 1 aromatic heterocycles. The number of aromatic nitrogens is 1. The molecule has 0 saturated carbocycles. The van der Waals surface area contributed by atoms with Crippen LogP contribution in [0.25, 0.3) is 0 Å². The Morgan fingerprint density at radius 3 is 3.14 bits per heavy atom. The summed E-state index contributed by atoms with van der Waals surface area (Å²) >= 11 is 6.25. The molecule has 1 aromatic rings. The third kappa shape index (κ3) is 3.67. The molecule has 6 nitrogen and oxygen atoms in total. The zero-order valence-corrected chi connectivity index (χ0v) is 13.4. The Hall–Kier alpha value is -1.84. The predicted octanol–water partition coefficient (Wildman–Crippen LogP) is 1.21. The van der Waals surface area contributed by atoms with Crippen molar-refractivity contribution in [1.82, 2.24) is 10.3 Å². The highest BCUT2D eigenvalue weighted by atomic mass is 35.5. The molecule has 22 heavy (non-hydrogen) atoms. The first kappa shape index (κ1) is 16.5. The molecule has 118 valence electrons. The quantitative estimate of drug-likeness (QED) is 0.869. The lowest BCUT2D eigenvalue weighted by molar-refractivity contribution is -0.125. The van der Waals surface area contributed by atoms with E-state index in [1.807, 2.05) is 4.90 Å². The lowest BCUT2D eigenvalue weighted by Gasteiger charge is -2.33. The van der Waals surface area contributed by atoms with Crippen molar-refractivity contribution in [2.24, 2.45) is 11.7 Å². The van der Waals surface area contributed by atoms with E-state index in [2.05, 4.69) is 16.4 Å². The molecule has 1 aliphatic heterocycles. The Morgan fingerprint density at radius 1 is 1.68 bits per heavy atom. The van der Waals surface area contributed by atoms with Crippen molar-refractivity contribution in [2.45, 2.75) is 19.8 Å². The van der Waals surface area contributed by atoms with Crippen molar-refractivity contribution in [3.63, 3.8) is 0 Å². The molecule has 1 saturated heterocycles. The van der Waals surface area contributed by atoms with Crippen LogP contribution in [-0.4, -0.2) is 37.1 Å². The first-order chi connectivity index (χ1) is 10.6. The molecule has 0 spiro atoms. The molecule has 1 unspecified atom stereocenters. The number of amides is 1. The van der Waals surface area contributed by atoms with Gasteiger partial charge in [0.15, 0.2) is 0 Å². The van der Waals surface area contributed by atoms with Crippen LogP contribution in [0.4, 0.5) is 5.82 Å². The third-order valence-corrected chi connectivity index (χ3v) is 4.08. The fourth-order valence-electron chi connectivity index (χ4n) is 2.63. The number of nitrogens with zero attached hydrogens (tertiary/aromatic N) is 3. The maximum atomic E-state index is 12.1. The van der Waals surface area contributed by atoms with Crippen molar-refractivity contribution < 1.29 is 4.79 Å². The summed E-state index contributed by atoms with van der Waals surface area (Å²) in [5, 5.41) is 12.3. The maximum absolute atomic E-state index is 12.1. The standard InChI is InChI=1S/C15H20ClN5O/c1-10-12(8-18)7-13(16)14(20-10)21-6-2-3-11(9-21)15(22)19-5-4-17/h7,11H,2-6,9,17H2,1H3,(H,19,22). The Balaban J connectivity index is 2.14. The predicted molar refractivity (Wildman–Crippen MR) is 85.7 cm³/mol. The van der Waals surface area contributed by atoms with E-state index in [4.69, 9.17) is 22.6 Å². The van der Waals surface area contributed by atoms with Gasteiger partial charge in [0.25, 0.3) is 0 Å². The Labute approximate surface area is 135 Å². The smallest absolute Gasteiger partial charge is 0.224 e. The highest BCUT2D eigenvalue weighted by Gasteiger charge is 2.27. The fourth-order valence-corrected chi connectivity index (χ4v) is 2.90. The van der Waals surface area contributed by atoms with Crippen LogP contribution in [0.3, 0.4) is 0 Å². The van der Waals surface area contributed by atoms with Crippen LogP contribution >= 0.6 is 11.6 Å². The van der Waals surface area contributed by atoms with Crippen LogP contribution in [0, 0.1) is 24.2 Å². The summed E-state index contributed by atoms with van der Waals surface area (Å²) in [5.74, 6) is 0.584. The average molecular weight is 322 g/mol. The highest BCUT2D eigenvalue weighted by Crippen LogP contribution is 2.29. The van der Waals surface area contributed by atoms with Gasteiger partial charge < -0.3 is 16.0 Å². The lowest BCUT2D eigenvalue weighted by Crippen LogP contribution is -2.44. The minimum atomic E-state index is -0.0888. The van der Waals surface area contributed by atoms with Gasteiger partial charge in [-0.1, -0.05) is 11.6 Å². The molecule has 2 rings (SSSR count). The number of aryl methyl sites for hydroxylation is 1. The number of rotatable bonds is 4. The SMILES string of the molecule is Cc1nc(N2CCCC(C(=O)NCCN)C2)c(Cl)cc1C#N. The number of anilines is 1. The van der Waals surface area contributed by atoms with E-state index in [9.17, 15) is 4.79 Å². The normalized spacial score (nSPS) is 17.9. The van der Waals surface area contributed by atoms with Crippen molar-refractivity contribution in [1.29, 1.82) is 5.26 Å². The summed E-state index contributed by atoms with van der Waals surface area (Å²) in [5.41, 5.74) is 6.53. The highest BCUT2D eigenvalue weighted by molar-refractivity contribution is 6.33. The zero-order chi connectivity index (χ0) is 16.1. The zero-order valence-electron chi connectivity index (χ0n) is 12.6. The third-order valence-electron chi connectivity index (χ3n) is 3.80. The van der Waals surface area contributed by atoms with Gasteiger partial charge in [0.1, 0.15) is 11.9 Å². The van der Waals surface area contributed by atoms with Crippen molar-refractivity contribution in [3.05, 3.63) is 22.3 Å². The van der Waals surface area contributed by atoms with E-state index in [1.165, 1.54) is 0 Å². The fraction of sp³-hybridized carbons (Fsp3) is 0.533. The van der Waals surface area contributed by atoms with E-state index < -0.39 is 0 Å². The number of nitrogens with one attached hydrogen (secondary N) is 1. The van der Waals surface area contributed by atoms with E-state index in [0.29, 0.717) is 41.7 Å². The molecule has 0 aromatic carbocycles. The molecule has 0 radical (unpaired) electrons. The van der Waals surface area contributed by atoms with Crippen LogP contribution < -0.4 is 16.0 Å². The van der Waals surface area contributed by atoms with Gasteiger partial charge >= 0.3 is 0 Å². The molecule has 1 aliphatic rings. The minimum Gasteiger partial charge on any atom is -0.355 e. The van der Waals surface area contributed by atoms with Crippen LogP contribution in [0.1, 0.15) is 24.1 Å². The first-order valence-corrected chi connectivity index (χ1v) is 7.74. The van der Waals surface area contributed by atoms with E-state index in [-0.39, 0.29) is 11.8 Å². The lowest BCUT2D eigenvalue weighted by atomic mass is 9.97. The summed E-state index contributed by atoms with van der Waals surface area (Å²) in [7, 11) is 0. The molecule has 0 aliphatic carbocycles. The summed E-state index contributed by atoms with van der Waals surface area (Å²) in [6.45, 7) is 4.09.